The van der Waals surface area contributed by atoms with Gasteiger partial charge in [0.15, 0.2) is 12.2 Å². The van der Waals surface area contributed by atoms with Crippen LogP contribution in [0.25, 0.3) is 0 Å². The molecule has 0 aliphatic heterocycles. The van der Waals surface area contributed by atoms with Gasteiger partial charge in [0.05, 0.1) is 0 Å². The number of hydrogen-bond donors (Lipinski definition) is 4. The monoisotopic (exact) mass is 262 g/mol. The minimum atomic E-state index is -1.52. The highest BCUT2D eigenvalue weighted by molar-refractivity contribution is 5.73. The van der Waals surface area contributed by atoms with E-state index in [1.54, 1.807) is 27.7 Å². The molecule has 18 heavy (non-hydrogen) atoms. The average Bonchev–Trinajstić information content (AvgIpc) is 2.24. The van der Waals surface area contributed by atoms with Crippen LogP contribution < -0.4 is 0 Å². The normalized spacial score (nSPS) is 16.1. The van der Waals surface area contributed by atoms with Crippen molar-refractivity contribution in [3.8, 4) is 0 Å². The Kier molecular flexibility index (Phi) is 5.31. The van der Waals surface area contributed by atoms with Crippen molar-refractivity contribution in [2.45, 2.75) is 52.7 Å². The minimum Gasteiger partial charge on any atom is -0.479 e. The molecule has 0 amide bonds. The summed E-state index contributed by atoms with van der Waals surface area (Å²) < 4.78 is 0. The fourth-order valence-corrected chi connectivity index (χ4v) is 1.59. The van der Waals surface area contributed by atoms with Gasteiger partial charge in [0.2, 0.25) is 0 Å². The third-order valence-electron chi connectivity index (χ3n) is 3.36. The van der Waals surface area contributed by atoms with Crippen molar-refractivity contribution in [1.82, 2.24) is 0 Å². The Labute approximate surface area is 106 Å². The standard InChI is InChI=1S/C12H22O6/c1-11(2,7(13)9(15)16)5-6-12(3,4)8(14)10(17)18/h7-8,13-14H,5-6H2,1-4H3,(H,15,16)(H,17,18). The molecule has 4 N–H and O–H groups in total. The number of aliphatic carboxylic acids is 2. The second-order valence-corrected chi connectivity index (χ2v) is 5.96. The summed E-state index contributed by atoms with van der Waals surface area (Å²) in [6.07, 6.45) is -2.46. The van der Waals surface area contributed by atoms with E-state index in [4.69, 9.17) is 10.2 Å². The quantitative estimate of drug-likeness (QED) is 0.537. The Morgan fingerprint density at radius 3 is 1.22 bits per heavy atom. The molecule has 0 aliphatic carbocycles. The van der Waals surface area contributed by atoms with Crippen LogP contribution in [0.3, 0.4) is 0 Å². The van der Waals surface area contributed by atoms with E-state index in [2.05, 4.69) is 0 Å². The number of rotatable bonds is 7. The van der Waals surface area contributed by atoms with Crippen LogP contribution in [0.15, 0.2) is 0 Å². The molecule has 0 spiro atoms. The fourth-order valence-electron chi connectivity index (χ4n) is 1.59. The fraction of sp³-hybridized carbons (Fsp3) is 0.833. The maximum Gasteiger partial charge on any atom is 0.333 e. The first-order valence-electron chi connectivity index (χ1n) is 5.73. The molecule has 0 heterocycles. The van der Waals surface area contributed by atoms with Crippen molar-refractivity contribution in [3.05, 3.63) is 0 Å². The first-order valence-corrected chi connectivity index (χ1v) is 5.73. The Morgan fingerprint density at radius 2 is 1.06 bits per heavy atom. The molecule has 0 aromatic rings. The largest absolute Gasteiger partial charge is 0.479 e. The highest BCUT2D eigenvalue weighted by Gasteiger charge is 2.38. The third-order valence-corrected chi connectivity index (χ3v) is 3.36. The third kappa shape index (κ3) is 4.27. The van der Waals surface area contributed by atoms with Gasteiger partial charge in [-0.15, -0.1) is 0 Å². The highest BCUT2D eigenvalue weighted by atomic mass is 16.4. The Balaban J connectivity index is 4.65. The Morgan fingerprint density at radius 1 is 0.833 bits per heavy atom. The number of hydrogen-bond acceptors (Lipinski definition) is 4. The molecule has 0 radical (unpaired) electrons. The molecule has 0 aromatic carbocycles. The molecule has 0 aliphatic rings. The van der Waals surface area contributed by atoms with E-state index in [9.17, 15) is 19.8 Å². The minimum absolute atomic E-state index is 0.289. The van der Waals surface area contributed by atoms with E-state index >= 15 is 0 Å². The van der Waals surface area contributed by atoms with Crippen LogP contribution in [-0.2, 0) is 9.59 Å². The van der Waals surface area contributed by atoms with Crippen LogP contribution in [0.5, 0.6) is 0 Å². The lowest BCUT2D eigenvalue weighted by Gasteiger charge is -2.34. The van der Waals surface area contributed by atoms with Gasteiger partial charge in [-0.3, -0.25) is 0 Å². The number of aliphatic hydroxyl groups is 2. The lowest BCUT2D eigenvalue weighted by Crippen LogP contribution is -2.40. The van der Waals surface area contributed by atoms with Crippen LogP contribution in [0.4, 0.5) is 0 Å². The summed E-state index contributed by atoms with van der Waals surface area (Å²) in [5, 5.41) is 36.5. The summed E-state index contributed by atoms with van der Waals surface area (Å²) >= 11 is 0. The molecular weight excluding hydrogens is 240 g/mol. The maximum atomic E-state index is 10.7. The van der Waals surface area contributed by atoms with Gasteiger partial charge in [-0.25, -0.2) is 9.59 Å². The van der Waals surface area contributed by atoms with Gasteiger partial charge >= 0.3 is 11.9 Å². The Bertz CT molecular complexity index is 289. The second kappa shape index (κ2) is 5.67. The highest BCUT2D eigenvalue weighted by Crippen LogP contribution is 2.35. The molecule has 0 saturated heterocycles. The molecular formula is C12H22O6. The smallest absolute Gasteiger partial charge is 0.333 e. The molecule has 2 atom stereocenters. The van der Waals surface area contributed by atoms with Crippen molar-refractivity contribution in [2.24, 2.45) is 10.8 Å². The molecule has 0 bridgehead atoms. The van der Waals surface area contributed by atoms with E-state index in [1.807, 2.05) is 0 Å². The van der Waals surface area contributed by atoms with E-state index in [1.165, 1.54) is 0 Å². The van der Waals surface area contributed by atoms with Crippen LogP contribution in [0.1, 0.15) is 40.5 Å². The predicted molar refractivity (Wildman–Crippen MR) is 64.1 cm³/mol. The Hall–Kier alpha value is -1.14. The zero-order valence-corrected chi connectivity index (χ0v) is 11.2. The van der Waals surface area contributed by atoms with Crippen molar-refractivity contribution in [1.29, 1.82) is 0 Å². The number of carboxylic acid groups (broad SMARTS) is 2. The number of carbonyl (C=O) groups is 2. The van der Waals surface area contributed by atoms with Gasteiger partial charge in [0.25, 0.3) is 0 Å². The average molecular weight is 262 g/mol. The van der Waals surface area contributed by atoms with Gasteiger partial charge in [-0.05, 0) is 12.8 Å². The maximum absolute atomic E-state index is 10.7. The second-order valence-electron chi connectivity index (χ2n) is 5.96. The summed E-state index contributed by atoms with van der Waals surface area (Å²) in [7, 11) is 0. The van der Waals surface area contributed by atoms with E-state index in [-0.39, 0.29) is 12.8 Å². The van der Waals surface area contributed by atoms with Gasteiger partial charge in [0, 0.05) is 10.8 Å². The topological polar surface area (TPSA) is 115 Å². The van der Waals surface area contributed by atoms with Gasteiger partial charge < -0.3 is 20.4 Å². The number of aliphatic hydroxyl groups excluding tert-OH is 2. The molecule has 2 unspecified atom stereocenters. The van der Waals surface area contributed by atoms with E-state index in [0.29, 0.717) is 0 Å². The SMILES string of the molecule is CC(C)(CCC(C)(C)C(O)C(=O)O)C(O)C(=O)O. The summed E-state index contributed by atoms with van der Waals surface area (Å²) in [4.78, 5) is 21.4. The summed E-state index contributed by atoms with van der Waals surface area (Å²) in [6, 6.07) is 0. The van der Waals surface area contributed by atoms with Crippen LogP contribution in [-0.4, -0.2) is 44.6 Å². The zero-order chi connectivity index (χ0) is 14.7. The predicted octanol–water partition coefficient (Wildman–Crippen LogP) is 0.710. The van der Waals surface area contributed by atoms with Gasteiger partial charge in [-0.2, -0.15) is 0 Å². The summed E-state index contributed by atoms with van der Waals surface area (Å²) in [6.45, 7) is 6.37. The summed E-state index contributed by atoms with van der Waals surface area (Å²) in [5.74, 6) is -2.62. The van der Waals surface area contributed by atoms with Gasteiger partial charge in [0.1, 0.15) is 0 Å². The van der Waals surface area contributed by atoms with Crippen molar-refractivity contribution in [3.63, 3.8) is 0 Å². The molecule has 6 nitrogen and oxygen atoms in total. The van der Waals surface area contributed by atoms with E-state index < -0.39 is 35.0 Å². The lowest BCUT2D eigenvalue weighted by molar-refractivity contribution is -0.157. The molecule has 0 saturated carbocycles. The zero-order valence-electron chi connectivity index (χ0n) is 11.2. The van der Waals surface area contributed by atoms with Crippen LogP contribution >= 0.6 is 0 Å². The molecule has 0 aromatic heterocycles. The molecule has 6 heteroatoms. The van der Waals surface area contributed by atoms with E-state index in [0.717, 1.165) is 0 Å². The van der Waals surface area contributed by atoms with Crippen molar-refractivity contribution >= 4 is 11.9 Å². The first-order chi connectivity index (χ1) is 7.92. The van der Waals surface area contributed by atoms with Crippen molar-refractivity contribution in [2.75, 3.05) is 0 Å². The van der Waals surface area contributed by atoms with Gasteiger partial charge in [-0.1, -0.05) is 27.7 Å². The molecule has 106 valence electrons. The first kappa shape index (κ1) is 16.9. The van der Waals surface area contributed by atoms with Crippen molar-refractivity contribution < 1.29 is 30.0 Å². The van der Waals surface area contributed by atoms with Crippen LogP contribution in [0, 0.1) is 10.8 Å². The summed E-state index contributed by atoms with van der Waals surface area (Å²) in [5.41, 5.74) is -1.78. The number of carboxylic acids is 2. The van der Waals surface area contributed by atoms with Crippen LogP contribution in [0.2, 0.25) is 0 Å². The molecule has 0 fully saturated rings. The molecule has 0 rings (SSSR count). The lowest BCUT2D eigenvalue weighted by atomic mass is 9.74.